The minimum Gasteiger partial charge on any atom is -0.449 e. The van der Waals surface area contributed by atoms with E-state index in [1.165, 1.54) is 0 Å². The molecule has 0 unspecified atom stereocenters. The predicted octanol–water partition coefficient (Wildman–Crippen LogP) is 2.15. The average molecular weight is 260 g/mol. The Kier molecular flexibility index (Phi) is 7.91. The smallest absolute Gasteiger partial charge is 0.404 e. The fourth-order valence-corrected chi connectivity index (χ4v) is 1.77. The molecule has 0 aliphatic rings. The maximum atomic E-state index is 10.7. The highest BCUT2D eigenvalue weighted by molar-refractivity contribution is 5.65. The molecule has 0 bridgehead atoms. The summed E-state index contributed by atoms with van der Waals surface area (Å²) < 4.78 is 9.74. The van der Waals surface area contributed by atoms with Gasteiger partial charge in [-0.3, -0.25) is 0 Å². The first-order valence-electron chi connectivity index (χ1n) is 6.30. The molecule has 0 spiro atoms. The molecule has 18 heavy (non-hydrogen) atoms. The summed E-state index contributed by atoms with van der Waals surface area (Å²) in [6, 6.07) is 0. The molecule has 0 heterocycles. The first-order chi connectivity index (χ1) is 8.45. The van der Waals surface area contributed by atoms with Crippen molar-refractivity contribution in [3.8, 4) is 0 Å². The lowest BCUT2D eigenvalue weighted by molar-refractivity contribution is 0.0214. The van der Waals surface area contributed by atoms with E-state index in [2.05, 4.69) is 6.92 Å². The summed E-state index contributed by atoms with van der Waals surface area (Å²) in [6.07, 6.45) is 3.04. The van der Waals surface area contributed by atoms with E-state index in [1.54, 1.807) is 0 Å². The molecular weight excluding hydrogens is 236 g/mol. The molecule has 0 saturated carbocycles. The van der Waals surface area contributed by atoms with Gasteiger partial charge in [-0.2, -0.15) is 0 Å². The molecule has 0 fully saturated rings. The third-order valence-electron chi connectivity index (χ3n) is 3.10. The molecule has 0 saturated heterocycles. The minimum atomic E-state index is -0.817. The number of carbonyl (C=O) groups is 2. The molecule has 106 valence electrons. The van der Waals surface area contributed by atoms with Crippen LogP contribution in [-0.4, -0.2) is 25.4 Å². The fraction of sp³-hybridized carbons (Fsp3) is 0.833. The number of carbonyl (C=O) groups excluding carboxylic acids is 2. The van der Waals surface area contributed by atoms with Crippen LogP contribution >= 0.6 is 0 Å². The van der Waals surface area contributed by atoms with E-state index in [9.17, 15) is 9.59 Å². The molecule has 0 radical (unpaired) electrons. The van der Waals surface area contributed by atoms with Gasteiger partial charge >= 0.3 is 12.2 Å². The summed E-state index contributed by atoms with van der Waals surface area (Å²) in [6.45, 7) is 4.36. The highest BCUT2D eigenvalue weighted by atomic mass is 16.6. The van der Waals surface area contributed by atoms with E-state index in [1.807, 2.05) is 6.92 Å². The molecule has 6 heteroatoms. The van der Waals surface area contributed by atoms with Crippen molar-refractivity contribution in [1.29, 1.82) is 0 Å². The van der Waals surface area contributed by atoms with Gasteiger partial charge in [0.05, 0.1) is 0 Å². The number of nitrogens with two attached hydrogens (primary N) is 2. The Morgan fingerprint density at radius 1 is 1.00 bits per heavy atom. The molecule has 0 atom stereocenters. The van der Waals surface area contributed by atoms with Crippen LogP contribution in [0.5, 0.6) is 0 Å². The number of primary amides is 2. The lowest BCUT2D eigenvalue weighted by Crippen LogP contribution is -2.35. The molecule has 0 aliphatic heterocycles. The van der Waals surface area contributed by atoms with E-state index in [0.29, 0.717) is 0 Å². The first-order valence-corrected chi connectivity index (χ1v) is 6.30. The first kappa shape index (κ1) is 16.5. The highest BCUT2D eigenvalue weighted by Crippen LogP contribution is 2.30. The molecule has 0 rings (SSSR count). The number of amides is 2. The van der Waals surface area contributed by atoms with Crippen molar-refractivity contribution in [2.45, 2.75) is 46.0 Å². The Morgan fingerprint density at radius 3 is 1.83 bits per heavy atom. The zero-order valence-electron chi connectivity index (χ0n) is 11.2. The van der Waals surface area contributed by atoms with Gasteiger partial charge in [0.25, 0.3) is 0 Å². The van der Waals surface area contributed by atoms with E-state index < -0.39 is 12.2 Å². The van der Waals surface area contributed by atoms with E-state index in [4.69, 9.17) is 20.9 Å². The van der Waals surface area contributed by atoms with Gasteiger partial charge in [-0.25, -0.2) is 9.59 Å². The number of hydrogen-bond donors (Lipinski definition) is 2. The third-order valence-corrected chi connectivity index (χ3v) is 3.10. The molecule has 2 amide bonds. The molecular formula is C12H24N2O4. The Hall–Kier alpha value is -1.46. The zero-order chi connectivity index (χ0) is 14.0. The normalized spacial score (nSPS) is 11.0. The standard InChI is InChI=1S/C12H24N2O4/c1-3-5-6-7-12(4-2,8-17-10(13)15)9-18-11(14)16/h3-9H2,1-2H3,(H2,13,15)(H2,14,16). The van der Waals surface area contributed by atoms with Crippen LogP contribution in [0.1, 0.15) is 46.0 Å². The second-order valence-electron chi connectivity index (χ2n) is 4.53. The molecule has 0 aromatic heterocycles. The molecule has 4 N–H and O–H groups in total. The average Bonchev–Trinajstić information content (AvgIpc) is 2.32. The molecule has 0 aromatic rings. The monoisotopic (exact) mass is 260 g/mol. The van der Waals surface area contributed by atoms with E-state index in [0.717, 1.165) is 32.1 Å². The van der Waals surface area contributed by atoms with Gasteiger partial charge in [-0.15, -0.1) is 0 Å². The van der Waals surface area contributed by atoms with Gasteiger partial charge < -0.3 is 20.9 Å². The van der Waals surface area contributed by atoms with Crippen molar-refractivity contribution in [3.05, 3.63) is 0 Å². The Balaban J connectivity index is 4.48. The second-order valence-corrected chi connectivity index (χ2v) is 4.53. The highest BCUT2D eigenvalue weighted by Gasteiger charge is 2.31. The van der Waals surface area contributed by atoms with Gasteiger partial charge in [0, 0.05) is 5.41 Å². The number of ether oxygens (including phenoxy) is 2. The third kappa shape index (κ3) is 6.98. The van der Waals surface area contributed by atoms with Crippen LogP contribution < -0.4 is 11.5 Å². The summed E-state index contributed by atoms with van der Waals surface area (Å²) >= 11 is 0. The van der Waals surface area contributed by atoms with Crippen LogP contribution in [-0.2, 0) is 9.47 Å². The van der Waals surface area contributed by atoms with Crippen molar-refractivity contribution in [3.63, 3.8) is 0 Å². The zero-order valence-corrected chi connectivity index (χ0v) is 11.2. The minimum absolute atomic E-state index is 0.149. The Morgan fingerprint density at radius 2 is 1.50 bits per heavy atom. The second kappa shape index (κ2) is 8.60. The summed E-state index contributed by atoms with van der Waals surface area (Å²) in [4.78, 5) is 21.4. The van der Waals surface area contributed by atoms with E-state index in [-0.39, 0.29) is 18.6 Å². The van der Waals surface area contributed by atoms with Crippen LogP contribution in [0.2, 0.25) is 0 Å². The number of rotatable bonds is 9. The van der Waals surface area contributed by atoms with Crippen LogP contribution in [0.3, 0.4) is 0 Å². The fourth-order valence-electron chi connectivity index (χ4n) is 1.77. The number of hydrogen-bond acceptors (Lipinski definition) is 4. The van der Waals surface area contributed by atoms with Gasteiger partial charge in [-0.1, -0.05) is 33.1 Å². The number of unbranched alkanes of at least 4 members (excludes halogenated alkanes) is 2. The SMILES string of the molecule is CCCCCC(CC)(COC(N)=O)COC(N)=O. The summed E-state index contributed by atoms with van der Waals surface area (Å²) in [5, 5.41) is 0. The van der Waals surface area contributed by atoms with Gasteiger partial charge in [-0.05, 0) is 12.8 Å². The quantitative estimate of drug-likeness (QED) is 0.619. The van der Waals surface area contributed by atoms with Crippen molar-refractivity contribution in [2.75, 3.05) is 13.2 Å². The van der Waals surface area contributed by atoms with Crippen molar-refractivity contribution < 1.29 is 19.1 Å². The van der Waals surface area contributed by atoms with E-state index >= 15 is 0 Å². The van der Waals surface area contributed by atoms with Crippen LogP contribution in [0.25, 0.3) is 0 Å². The Bertz CT molecular complexity index is 251. The predicted molar refractivity (Wildman–Crippen MR) is 67.9 cm³/mol. The lowest BCUT2D eigenvalue weighted by atomic mass is 9.81. The largest absolute Gasteiger partial charge is 0.449 e. The summed E-state index contributed by atoms with van der Waals surface area (Å²) in [5.74, 6) is 0. The van der Waals surface area contributed by atoms with Crippen LogP contribution in [0, 0.1) is 5.41 Å². The topological polar surface area (TPSA) is 105 Å². The van der Waals surface area contributed by atoms with Gasteiger partial charge in [0.2, 0.25) is 0 Å². The lowest BCUT2D eigenvalue weighted by Gasteiger charge is -2.31. The van der Waals surface area contributed by atoms with Gasteiger partial charge in [0.1, 0.15) is 13.2 Å². The Labute approximate surface area is 108 Å². The van der Waals surface area contributed by atoms with Gasteiger partial charge in [0.15, 0.2) is 0 Å². The molecule has 0 aromatic carbocycles. The van der Waals surface area contributed by atoms with Crippen molar-refractivity contribution >= 4 is 12.2 Å². The maximum Gasteiger partial charge on any atom is 0.404 e. The maximum absolute atomic E-state index is 10.7. The van der Waals surface area contributed by atoms with Crippen molar-refractivity contribution in [1.82, 2.24) is 0 Å². The van der Waals surface area contributed by atoms with Crippen LogP contribution in [0.4, 0.5) is 9.59 Å². The van der Waals surface area contributed by atoms with Crippen LogP contribution in [0.15, 0.2) is 0 Å². The molecule has 6 nitrogen and oxygen atoms in total. The molecule has 0 aliphatic carbocycles. The summed E-state index contributed by atoms with van der Waals surface area (Å²) in [7, 11) is 0. The van der Waals surface area contributed by atoms with Crippen molar-refractivity contribution in [2.24, 2.45) is 16.9 Å². The summed E-state index contributed by atoms with van der Waals surface area (Å²) in [5.41, 5.74) is 9.55.